The van der Waals surface area contributed by atoms with Crippen LogP contribution in [0, 0.1) is 5.92 Å². The Morgan fingerprint density at radius 2 is 1.25 bits per heavy atom. The van der Waals surface area contributed by atoms with Crippen LogP contribution in [0.2, 0.25) is 0 Å². The zero-order chi connectivity index (χ0) is 13.2. The molecule has 0 aromatic heterocycles. The maximum atomic E-state index is 13.5. The molecule has 0 N–H and O–H groups in total. The van der Waals surface area contributed by atoms with Crippen molar-refractivity contribution in [3.63, 3.8) is 0 Å². The van der Waals surface area contributed by atoms with Crippen molar-refractivity contribution < 1.29 is 35.5 Å². The molecule has 0 heterocycles. The molecule has 0 aromatic rings. The lowest BCUT2D eigenvalue weighted by Crippen LogP contribution is -2.52. The molecule has 0 amide bonds. The molecule has 1 nitrogen and oxygen atoms in total. The summed E-state index contributed by atoms with van der Waals surface area (Å²) in [4.78, 5) is 0. The Hall–Kier alpha value is -0.530. The fourth-order valence-corrected chi connectivity index (χ4v) is 1.30. The van der Waals surface area contributed by atoms with Gasteiger partial charge in [0.2, 0.25) is 11.8 Å². The van der Waals surface area contributed by atoms with E-state index in [1.54, 1.807) is 0 Å². The molecule has 0 fully saturated rings. The van der Waals surface area contributed by atoms with Crippen LogP contribution in [0.25, 0.3) is 0 Å². The molecule has 0 bridgehead atoms. The highest BCUT2D eigenvalue weighted by atomic mass is 19.4. The molecule has 0 saturated carbocycles. The Balaban J connectivity index is 5.32. The third-order valence-electron chi connectivity index (χ3n) is 1.95. The van der Waals surface area contributed by atoms with Crippen molar-refractivity contribution in [1.29, 1.82) is 0 Å². The van der Waals surface area contributed by atoms with E-state index >= 15 is 0 Å². The minimum absolute atomic E-state index is 0.576. The molecule has 0 spiro atoms. The monoisotopic (exact) mass is 256 g/mol. The molecule has 0 saturated heterocycles. The van der Waals surface area contributed by atoms with Gasteiger partial charge in [-0.25, -0.2) is 4.39 Å². The summed E-state index contributed by atoms with van der Waals surface area (Å²) in [5.74, 6) is -7.90. The highest BCUT2D eigenvalue weighted by Crippen LogP contribution is 2.48. The van der Waals surface area contributed by atoms with E-state index in [0.29, 0.717) is 0 Å². The van der Waals surface area contributed by atoms with E-state index in [9.17, 15) is 30.7 Å². The molecule has 0 rings (SSSR count). The quantitative estimate of drug-likeness (QED) is 0.694. The van der Waals surface area contributed by atoms with Crippen LogP contribution in [-0.2, 0) is 4.74 Å². The Bertz CT molecular complexity index is 207. The average Bonchev–Trinajstić information content (AvgIpc) is 1.98. The summed E-state index contributed by atoms with van der Waals surface area (Å²) in [5, 5.41) is 0. The minimum atomic E-state index is -5.74. The van der Waals surface area contributed by atoms with Gasteiger partial charge in [-0.1, -0.05) is 6.92 Å². The highest BCUT2D eigenvalue weighted by molar-refractivity contribution is 4.88. The van der Waals surface area contributed by atoms with Crippen molar-refractivity contribution in [3.8, 4) is 0 Å². The minimum Gasteiger partial charge on any atom is -0.345 e. The Labute approximate surface area is 87.6 Å². The van der Waals surface area contributed by atoms with Gasteiger partial charge in [0.15, 0.2) is 0 Å². The first-order valence-corrected chi connectivity index (χ1v) is 4.45. The first kappa shape index (κ1) is 15.5. The molecule has 0 aromatic carbocycles. The lowest BCUT2D eigenvalue weighted by Gasteiger charge is -2.34. The largest absolute Gasteiger partial charge is 0.406 e. The van der Waals surface area contributed by atoms with Gasteiger partial charge in [0, 0.05) is 13.0 Å². The maximum Gasteiger partial charge on any atom is 0.406 e. The third kappa shape index (κ3) is 3.50. The van der Waals surface area contributed by atoms with Crippen molar-refractivity contribution in [2.75, 3.05) is 6.61 Å². The summed E-state index contributed by atoms with van der Waals surface area (Å²) in [6.45, 7) is 1.40. The van der Waals surface area contributed by atoms with Crippen LogP contribution in [0.4, 0.5) is 30.7 Å². The van der Waals surface area contributed by atoms with Gasteiger partial charge in [0.1, 0.15) is 0 Å². The van der Waals surface area contributed by atoms with Crippen LogP contribution in [0.5, 0.6) is 0 Å². The molecule has 0 aliphatic carbocycles. The van der Waals surface area contributed by atoms with Crippen LogP contribution < -0.4 is 0 Å². The molecule has 0 aliphatic heterocycles. The summed E-state index contributed by atoms with van der Waals surface area (Å²) in [7, 11) is 0. The van der Waals surface area contributed by atoms with Gasteiger partial charge in [0.25, 0.3) is 0 Å². The van der Waals surface area contributed by atoms with E-state index in [1.165, 1.54) is 0 Å². The van der Waals surface area contributed by atoms with E-state index in [4.69, 9.17) is 0 Å². The molecule has 1 atom stereocenters. The first-order chi connectivity index (χ1) is 6.99. The Morgan fingerprint density at radius 1 is 0.875 bits per heavy atom. The standard InChI is InChI=1S/C8H11F7O/c1-3-6(9,16-4-2)5(7(10,11)12)8(13,14)15/h5H,3-4H2,1-2H3. The Kier molecular flexibility index (Phi) is 4.61. The normalized spacial score (nSPS) is 17.6. The smallest absolute Gasteiger partial charge is 0.345 e. The number of alkyl halides is 7. The zero-order valence-corrected chi connectivity index (χ0v) is 8.55. The van der Waals surface area contributed by atoms with Crippen molar-refractivity contribution in [1.82, 2.24) is 0 Å². The predicted octanol–water partition coefficient (Wildman–Crippen LogP) is 3.84. The third-order valence-corrected chi connectivity index (χ3v) is 1.95. The van der Waals surface area contributed by atoms with E-state index in [2.05, 4.69) is 4.74 Å². The fourth-order valence-electron chi connectivity index (χ4n) is 1.30. The van der Waals surface area contributed by atoms with Gasteiger partial charge in [0.05, 0.1) is 0 Å². The molecule has 8 heteroatoms. The van der Waals surface area contributed by atoms with Gasteiger partial charge >= 0.3 is 12.4 Å². The van der Waals surface area contributed by atoms with E-state index < -0.39 is 37.2 Å². The van der Waals surface area contributed by atoms with Crippen molar-refractivity contribution >= 4 is 0 Å². The number of ether oxygens (including phenoxy) is 1. The zero-order valence-electron chi connectivity index (χ0n) is 8.55. The van der Waals surface area contributed by atoms with Gasteiger partial charge in [-0.05, 0) is 6.92 Å². The van der Waals surface area contributed by atoms with Crippen LogP contribution >= 0.6 is 0 Å². The van der Waals surface area contributed by atoms with Crippen LogP contribution in [0.15, 0.2) is 0 Å². The second-order valence-corrected chi connectivity index (χ2v) is 3.09. The SMILES string of the molecule is CCOC(F)(CC)C(C(F)(F)F)C(F)(F)F. The van der Waals surface area contributed by atoms with Gasteiger partial charge in [-0.2, -0.15) is 26.3 Å². The van der Waals surface area contributed by atoms with E-state index in [0.717, 1.165) is 13.8 Å². The molecular weight excluding hydrogens is 245 g/mol. The van der Waals surface area contributed by atoms with Crippen molar-refractivity contribution in [2.24, 2.45) is 5.92 Å². The summed E-state index contributed by atoms with van der Waals surface area (Å²) < 4.78 is 90.6. The lowest BCUT2D eigenvalue weighted by molar-refractivity contribution is -0.362. The number of hydrogen-bond acceptors (Lipinski definition) is 1. The first-order valence-electron chi connectivity index (χ1n) is 4.45. The molecular formula is C8H11F7O. The van der Waals surface area contributed by atoms with Gasteiger partial charge in [-0.3, -0.25) is 0 Å². The van der Waals surface area contributed by atoms with Crippen LogP contribution in [-0.4, -0.2) is 24.8 Å². The van der Waals surface area contributed by atoms with Crippen molar-refractivity contribution in [3.05, 3.63) is 0 Å². The summed E-state index contributed by atoms with van der Waals surface area (Å²) in [6, 6.07) is 0. The number of halogens is 7. The molecule has 0 aliphatic rings. The highest BCUT2D eigenvalue weighted by Gasteiger charge is 2.67. The topological polar surface area (TPSA) is 9.23 Å². The number of hydrogen-bond donors (Lipinski definition) is 0. The Morgan fingerprint density at radius 3 is 1.44 bits per heavy atom. The van der Waals surface area contributed by atoms with E-state index in [-0.39, 0.29) is 0 Å². The second kappa shape index (κ2) is 4.77. The maximum absolute atomic E-state index is 13.5. The van der Waals surface area contributed by atoms with Gasteiger partial charge < -0.3 is 4.74 Å². The molecule has 0 radical (unpaired) electrons. The predicted molar refractivity (Wildman–Crippen MR) is 41.4 cm³/mol. The fraction of sp³-hybridized carbons (Fsp3) is 1.00. The van der Waals surface area contributed by atoms with Gasteiger partial charge in [-0.15, -0.1) is 0 Å². The second-order valence-electron chi connectivity index (χ2n) is 3.09. The van der Waals surface area contributed by atoms with Crippen LogP contribution in [0.3, 0.4) is 0 Å². The molecule has 16 heavy (non-hydrogen) atoms. The van der Waals surface area contributed by atoms with Crippen LogP contribution in [0.1, 0.15) is 20.3 Å². The molecule has 1 unspecified atom stereocenters. The molecule has 98 valence electrons. The van der Waals surface area contributed by atoms with E-state index in [1.807, 2.05) is 0 Å². The summed E-state index contributed by atoms with van der Waals surface area (Å²) in [6.07, 6.45) is -12.5. The van der Waals surface area contributed by atoms with Crippen molar-refractivity contribution in [2.45, 2.75) is 38.5 Å². The summed E-state index contributed by atoms with van der Waals surface area (Å²) in [5.41, 5.74) is 0. The summed E-state index contributed by atoms with van der Waals surface area (Å²) >= 11 is 0. The lowest BCUT2D eigenvalue weighted by atomic mass is 9.96. The number of rotatable bonds is 4. The average molecular weight is 256 g/mol.